The van der Waals surface area contributed by atoms with Gasteiger partial charge in [0, 0.05) is 44.0 Å². The molecule has 4 rings (SSSR count). The molecule has 0 N–H and O–H groups in total. The lowest BCUT2D eigenvalue weighted by atomic mass is 10.1. The van der Waals surface area contributed by atoms with Crippen LogP contribution in [0.5, 0.6) is 0 Å². The maximum atomic E-state index is 4.82. The summed E-state index contributed by atoms with van der Waals surface area (Å²) in [6.45, 7) is 4.05. The number of aromatic nitrogens is 2. The Labute approximate surface area is 151 Å². The molecule has 0 saturated carbocycles. The van der Waals surface area contributed by atoms with Gasteiger partial charge in [0.25, 0.3) is 0 Å². The smallest absolute Gasteiger partial charge is 0.353 e. The molecule has 8 heteroatoms. The summed E-state index contributed by atoms with van der Waals surface area (Å²) >= 11 is 0. The Hall–Kier alpha value is -2.05. The van der Waals surface area contributed by atoms with Crippen molar-refractivity contribution < 1.29 is 0 Å². The van der Waals surface area contributed by atoms with Crippen molar-refractivity contribution in [1.29, 1.82) is 0 Å². The van der Waals surface area contributed by atoms with Crippen molar-refractivity contribution in [3.05, 3.63) is 47.8 Å². The average Bonchev–Trinajstić information content (AvgIpc) is 3.24. The van der Waals surface area contributed by atoms with E-state index in [1.807, 2.05) is 0 Å². The molecule has 126 valence electrons. The van der Waals surface area contributed by atoms with E-state index in [1.165, 1.54) is 0 Å². The zero-order valence-corrected chi connectivity index (χ0v) is 14.8. The third-order valence-electron chi connectivity index (χ3n) is 4.60. The van der Waals surface area contributed by atoms with Gasteiger partial charge in [-0.1, -0.05) is 12.1 Å². The van der Waals surface area contributed by atoms with Gasteiger partial charge in [0.2, 0.25) is 0 Å². The Kier molecular flexibility index (Phi) is 4.63. The Morgan fingerprint density at radius 1 is 0.760 bits per heavy atom. The molecule has 25 heavy (non-hydrogen) atoms. The molecule has 0 bridgehead atoms. The molecule has 0 amide bonds. The molecule has 0 unspecified atom stereocenters. The zero-order valence-electron chi connectivity index (χ0n) is 14.8. The third kappa shape index (κ3) is 3.80. The molecular weight excluding hydrogens is 310 g/mol. The SMILES string of the molecule is CN1[B]N(c2cccc(Cc3cccc(N4[B]N(C)CC4)n3)n2)CC1. The van der Waals surface area contributed by atoms with Gasteiger partial charge in [-0.2, -0.15) is 0 Å². The lowest BCUT2D eigenvalue weighted by Crippen LogP contribution is -2.28. The molecule has 2 aliphatic heterocycles. The number of anilines is 2. The first-order valence-corrected chi connectivity index (χ1v) is 8.73. The van der Waals surface area contributed by atoms with Crippen LogP contribution in [0.2, 0.25) is 0 Å². The number of likely N-dealkylation sites (N-methyl/N-ethyl adjacent to an activating group) is 2. The molecule has 2 aliphatic rings. The molecule has 0 aromatic carbocycles. The van der Waals surface area contributed by atoms with Crippen molar-refractivity contribution in [2.45, 2.75) is 6.42 Å². The van der Waals surface area contributed by atoms with E-state index in [4.69, 9.17) is 9.97 Å². The Morgan fingerprint density at radius 3 is 1.64 bits per heavy atom. The number of hydrogen-bond donors (Lipinski definition) is 0. The first-order chi connectivity index (χ1) is 12.2. The van der Waals surface area contributed by atoms with E-state index < -0.39 is 0 Å². The number of pyridine rings is 2. The fourth-order valence-corrected chi connectivity index (χ4v) is 3.22. The van der Waals surface area contributed by atoms with E-state index in [9.17, 15) is 0 Å². The van der Waals surface area contributed by atoms with Gasteiger partial charge in [0.1, 0.15) is 11.6 Å². The van der Waals surface area contributed by atoms with Gasteiger partial charge in [-0.25, -0.2) is 9.97 Å². The van der Waals surface area contributed by atoms with Crippen molar-refractivity contribution in [2.75, 3.05) is 49.9 Å². The van der Waals surface area contributed by atoms with Crippen LogP contribution in [0.1, 0.15) is 11.4 Å². The predicted octanol–water partition coefficient (Wildman–Crippen LogP) is 0.639. The normalized spacial score (nSPS) is 18.5. The van der Waals surface area contributed by atoms with Crippen LogP contribution >= 0.6 is 0 Å². The molecule has 2 saturated heterocycles. The second-order valence-corrected chi connectivity index (χ2v) is 6.73. The second kappa shape index (κ2) is 7.06. The predicted molar refractivity (Wildman–Crippen MR) is 103 cm³/mol. The molecule has 0 spiro atoms. The summed E-state index contributed by atoms with van der Waals surface area (Å²) in [5, 5.41) is 0. The summed E-state index contributed by atoms with van der Waals surface area (Å²) in [5.41, 5.74) is 2.10. The third-order valence-corrected chi connectivity index (χ3v) is 4.60. The summed E-state index contributed by atoms with van der Waals surface area (Å²) in [6, 6.07) is 12.4. The Bertz CT molecular complexity index is 681. The van der Waals surface area contributed by atoms with Crippen LogP contribution in [0, 0.1) is 0 Å². The minimum atomic E-state index is 0.745. The largest absolute Gasteiger partial charge is 0.388 e. The van der Waals surface area contributed by atoms with Crippen LogP contribution < -0.4 is 9.62 Å². The Morgan fingerprint density at radius 2 is 1.24 bits per heavy atom. The van der Waals surface area contributed by atoms with Gasteiger partial charge in [0.15, 0.2) is 0 Å². The lowest BCUT2D eigenvalue weighted by molar-refractivity contribution is 0.590. The number of hydrogen-bond acceptors (Lipinski definition) is 6. The molecular formula is C17H22B2N6. The first kappa shape index (κ1) is 16.4. The van der Waals surface area contributed by atoms with E-state index in [0.717, 1.165) is 55.6 Å². The van der Waals surface area contributed by atoms with Crippen LogP contribution in [0.4, 0.5) is 11.6 Å². The highest BCUT2D eigenvalue weighted by atomic mass is 15.3. The van der Waals surface area contributed by atoms with Gasteiger partial charge in [-0.3, -0.25) is 0 Å². The minimum absolute atomic E-state index is 0.745. The van der Waals surface area contributed by atoms with Crippen molar-refractivity contribution in [1.82, 2.24) is 19.6 Å². The maximum Gasteiger partial charge on any atom is 0.353 e. The zero-order chi connectivity index (χ0) is 17.2. The molecule has 2 fully saturated rings. The van der Waals surface area contributed by atoms with E-state index in [1.54, 1.807) is 0 Å². The second-order valence-electron chi connectivity index (χ2n) is 6.73. The average molecular weight is 332 g/mol. The highest BCUT2D eigenvalue weighted by molar-refractivity contribution is 6.39. The topological polar surface area (TPSA) is 38.7 Å². The number of rotatable bonds is 4. The minimum Gasteiger partial charge on any atom is -0.388 e. The standard InChI is InChI=1S/C17H22B2N6/c1-22-9-11-24(18-22)16-7-3-5-14(20-16)13-15-6-4-8-17(21-15)25-12-10-23(2)19-25/h3-8H,9-13H2,1-2H3. The van der Waals surface area contributed by atoms with Crippen molar-refractivity contribution >= 4 is 26.7 Å². The molecule has 2 aromatic heterocycles. The summed E-state index contributed by atoms with van der Waals surface area (Å²) < 4.78 is 0. The van der Waals surface area contributed by atoms with Gasteiger partial charge in [-0.05, 0) is 38.4 Å². The summed E-state index contributed by atoms with van der Waals surface area (Å²) in [5.74, 6) is 2.01. The summed E-state index contributed by atoms with van der Waals surface area (Å²) in [4.78, 5) is 18.4. The van der Waals surface area contributed by atoms with Crippen LogP contribution in [-0.2, 0) is 6.42 Å². The van der Waals surface area contributed by atoms with E-state index >= 15 is 0 Å². The van der Waals surface area contributed by atoms with Crippen LogP contribution in [0.25, 0.3) is 0 Å². The van der Waals surface area contributed by atoms with Crippen LogP contribution in [0.3, 0.4) is 0 Å². The first-order valence-electron chi connectivity index (χ1n) is 8.73. The molecule has 4 heterocycles. The monoisotopic (exact) mass is 332 g/mol. The van der Waals surface area contributed by atoms with Crippen molar-refractivity contribution in [2.24, 2.45) is 0 Å². The molecule has 2 aromatic rings. The fourth-order valence-electron chi connectivity index (χ4n) is 3.22. The van der Waals surface area contributed by atoms with Crippen molar-refractivity contribution in [3.63, 3.8) is 0 Å². The van der Waals surface area contributed by atoms with E-state index in [0.29, 0.717) is 0 Å². The highest BCUT2D eigenvalue weighted by Gasteiger charge is 2.22. The van der Waals surface area contributed by atoms with E-state index in [-0.39, 0.29) is 0 Å². The highest BCUT2D eigenvalue weighted by Crippen LogP contribution is 2.18. The number of nitrogens with zero attached hydrogens (tertiary/aromatic N) is 6. The summed E-state index contributed by atoms with van der Waals surface area (Å²) in [7, 11) is 8.41. The van der Waals surface area contributed by atoms with E-state index in [2.05, 4.69) is 84.8 Å². The van der Waals surface area contributed by atoms with Gasteiger partial charge < -0.3 is 19.2 Å². The fraction of sp³-hybridized carbons (Fsp3) is 0.412. The van der Waals surface area contributed by atoms with Gasteiger partial charge in [-0.15, -0.1) is 0 Å². The maximum absolute atomic E-state index is 4.82. The molecule has 0 aliphatic carbocycles. The quantitative estimate of drug-likeness (QED) is 0.766. The van der Waals surface area contributed by atoms with Gasteiger partial charge >= 0.3 is 15.1 Å². The lowest BCUT2D eigenvalue weighted by Gasteiger charge is -2.17. The van der Waals surface area contributed by atoms with Crippen LogP contribution in [0.15, 0.2) is 36.4 Å². The molecule has 0 atom stereocenters. The molecule has 6 nitrogen and oxygen atoms in total. The van der Waals surface area contributed by atoms with Crippen LogP contribution in [-0.4, -0.2) is 75.0 Å². The van der Waals surface area contributed by atoms with Crippen molar-refractivity contribution in [3.8, 4) is 0 Å². The van der Waals surface area contributed by atoms with Gasteiger partial charge in [0.05, 0.1) is 0 Å². The Balaban J connectivity index is 1.49. The molecule has 2 radical (unpaired) electrons. The summed E-state index contributed by atoms with van der Waals surface area (Å²) in [6.07, 6.45) is 0.745.